The average molecular weight is 361 g/mol. The van der Waals surface area contributed by atoms with Crippen molar-refractivity contribution in [3.63, 3.8) is 0 Å². The van der Waals surface area contributed by atoms with E-state index in [-0.39, 0.29) is 5.56 Å². The zero-order valence-corrected chi connectivity index (χ0v) is 14.1. The van der Waals surface area contributed by atoms with Gasteiger partial charge in [-0.1, -0.05) is 0 Å². The van der Waals surface area contributed by atoms with Gasteiger partial charge in [0, 0.05) is 22.8 Å². The van der Waals surface area contributed by atoms with Crippen molar-refractivity contribution >= 4 is 18.5 Å². The zero-order valence-electron chi connectivity index (χ0n) is 14.1. The molecule has 0 aromatic heterocycles. The molecule has 3 aromatic rings. The first-order valence-electron chi connectivity index (χ1n) is 7.98. The second-order valence-electron chi connectivity index (χ2n) is 5.64. The largest absolute Gasteiger partial charge is 0.457 e. The van der Waals surface area contributed by atoms with E-state index in [0.717, 1.165) is 12.6 Å². The number of aldehydes is 2. The third kappa shape index (κ3) is 4.58. The lowest BCUT2D eigenvalue weighted by Crippen LogP contribution is -2.11. The molecule has 0 spiro atoms. The summed E-state index contributed by atoms with van der Waals surface area (Å²) in [6.45, 7) is 0. The van der Waals surface area contributed by atoms with Crippen LogP contribution in [0, 0.1) is 0 Å². The van der Waals surface area contributed by atoms with Gasteiger partial charge in [-0.25, -0.2) is 0 Å². The Morgan fingerprint density at radius 3 is 1.41 bits per heavy atom. The van der Waals surface area contributed by atoms with Crippen LogP contribution in [0.25, 0.3) is 0 Å². The molecule has 0 saturated heterocycles. The topological polar surface area (TPSA) is 95.7 Å². The molecule has 3 rings (SSSR count). The number of nitrogens with two attached hydrogens (primary N) is 1. The van der Waals surface area contributed by atoms with Gasteiger partial charge in [-0.3, -0.25) is 14.4 Å². The molecule has 0 aliphatic carbocycles. The fraction of sp³-hybridized carbons (Fsp3) is 0. The van der Waals surface area contributed by atoms with E-state index in [2.05, 4.69) is 0 Å². The highest BCUT2D eigenvalue weighted by molar-refractivity contribution is 5.93. The molecule has 0 heterocycles. The van der Waals surface area contributed by atoms with Crippen LogP contribution >= 0.6 is 0 Å². The molecule has 0 aliphatic heterocycles. The number of primary amides is 1. The number of hydrogen-bond acceptors (Lipinski definition) is 5. The molecule has 6 heteroatoms. The Morgan fingerprint density at radius 2 is 1.07 bits per heavy atom. The minimum absolute atomic E-state index is 0.219. The van der Waals surface area contributed by atoms with Gasteiger partial charge < -0.3 is 15.2 Å². The van der Waals surface area contributed by atoms with Crippen LogP contribution in [0.3, 0.4) is 0 Å². The number of hydrogen-bond donors (Lipinski definition) is 1. The van der Waals surface area contributed by atoms with E-state index >= 15 is 0 Å². The normalized spacial score (nSPS) is 10.1. The number of rotatable bonds is 7. The van der Waals surface area contributed by atoms with E-state index in [1.54, 1.807) is 54.6 Å². The Hall–Kier alpha value is -3.93. The molecule has 0 radical (unpaired) electrons. The average Bonchev–Trinajstić information content (AvgIpc) is 2.69. The summed E-state index contributed by atoms with van der Waals surface area (Å²) in [6.07, 6.45) is 1.47. The number of carbonyl (C=O) groups is 3. The van der Waals surface area contributed by atoms with E-state index < -0.39 is 5.91 Å². The van der Waals surface area contributed by atoms with Crippen LogP contribution < -0.4 is 15.2 Å². The molecule has 1 amide bonds. The number of benzene rings is 3. The van der Waals surface area contributed by atoms with Gasteiger partial charge in [0.05, 0.1) is 0 Å². The maximum atomic E-state index is 11.6. The van der Waals surface area contributed by atoms with Crippen molar-refractivity contribution in [2.75, 3.05) is 0 Å². The third-order valence-corrected chi connectivity index (χ3v) is 3.67. The Labute approximate surface area is 155 Å². The Bertz CT molecular complexity index is 907. The van der Waals surface area contributed by atoms with Gasteiger partial charge >= 0.3 is 0 Å². The fourth-order valence-electron chi connectivity index (χ4n) is 2.33. The minimum Gasteiger partial charge on any atom is -0.457 e. The molecule has 2 N–H and O–H groups in total. The first-order chi connectivity index (χ1) is 13.1. The standard InChI is InChI=1S/C21H15NO5/c22-21(25)16-9-19(26-17-5-1-14(12-23)2-6-17)11-20(10-16)27-18-7-3-15(13-24)4-8-18/h1-13H,(H2,22,25). The minimum atomic E-state index is -0.627. The lowest BCUT2D eigenvalue weighted by molar-refractivity contribution is 0.0998. The van der Waals surface area contributed by atoms with Crippen molar-refractivity contribution in [1.29, 1.82) is 0 Å². The van der Waals surface area contributed by atoms with Crippen molar-refractivity contribution in [2.45, 2.75) is 0 Å². The summed E-state index contributed by atoms with van der Waals surface area (Å²) in [5.41, 5.74) is 6.65. The van der Waals surface area contributed by atoms with Crippen LogP contribution in [0.5, 0.6) is 23.0 Å². The first kappa shape index (κ1) is 17.9. The molecule has 0 unspecified atom stereocenters. The SMILES string of the molecule is NC(=O)c1cc(Oc2ccc(C=O)cc2)cc(Oc2ccc(C=O)cc2)c1. The summed E-state index contributed by atoms with van der Waals surface area (Å²) in [6, 6.07) is 17.6. The molecule has 0 bridgehead atoms. The molecule has 0 fully saturated rings. The molecule has 0 atom stereocenters. The predicted octanol–water partition coefficient (Wildman–Crippen LogP) is 4.00. The smallest absolute Gasteiger partial charge is 0.248 e. The lowest BCUT2D eigenvalue weighted by Gasteiger charge is -2.11. The molecule has 134 valence electrons. The number of ether oxygens (including phenoxy) is 2. The summed E-state index contributed by atoms with van der Waals surface area (Å²) >= 11 is 0. The van der Waals surface area contributed by atoms with Crippen LogP contribution in [-0.4, -0.2) is 18.5 Å². The number of amides is 1. The highest BCUT2D eigenvalue weighted by atomic mass is 16.5. The number of carbonyl (C=O) groups excluding carboxylic acids is 3. The van der Waals surface area contributed by atoms with E-state index in [1.807, 2.05) is 0 Å². The Balaban J connectivity index is 1.87. The van der Waals surface area contributed by atoms with E-state index in [0.29, 0.717) is 34.1 Å². The molecule has 27 heavy (non-hydrogen) atoms. The van der Waals surface area contributed by atoms with E-state index in [4.69, 9.17) is 15.2 Å². The Morgan fingerprint density at radius 1 is 0.667 bits per heavy atom. The van der Waals surface area contributed by atoms with Crippen LogP contribution in [0.1, 0.15) is 31.1 Å². The second kappa shape index (κ2) is 7.97. The fourth-order valence-corrected chi connectivity index (χ4v) is 2.33. The summed E-state index contributed by atoms with van der Waals surface area (Å²) in [4.78, 5) is 33.1. The summed E-state index contributed by atoms with van der Waals surface area (Å²) in [5, 5.41) is 0. The van der Waals surface area contributed by atoms with Gasteiger partial charge in [0.15, 0.2) is 0 Å². The van der Waals surface area contributed by atoms with Crippen LogP contribution in [0.4, 0.5) is 0 Å². The summed E-state index contributed by atoms with van der Waals surface area (Å²) in [5.74, 6) is 1.05. The zero-order chi connectivity index (χ0) is 19.2. The first-order valence-corrected chi connectivity index (χ1v) is 7.98. The molecule has 3 aromatic carbocycles. The van der Waals surface area contributed by atoms with Gasteiger partial charge in [0.1, 0.15) is 35.6 Å². The van der Waals surface area contributed by atoms with Gasteiger partial charge in [-0.15, -0.1) is 0 Å². The summed E-state index contributed by atoms with van der Waals surface area (Å²) in [7, 11) is 0. The lowest BCUT2D eigenvalue weighted by atomic mass is 10.2. The molecular formula is C21H15NO5. The maximum absolute atomic E-state index is 11.6. The monoisotopic (exact) mass is 361 g/mol. The van der Waals surface area contributed by atoms with E-state index in [1.165, 1.54) is 12.1 Å². The molecule has 0 saturated carbocycles. The van der Waals surface area contributed by atoms with E-state index in [9.17, 15) is 14.4 Å². The molecule has 0 aliphatic rings. The van der Waals surface area contributed by atoms with Gasteiger partial charge in [0.2, 0.25) is 5.91 Å². The third-order valence-electron chi connectivity index (χ3n) is 3.67. The second-order valence-corrected chi connectivity index (χ2v) is 5.64. The predicted molar refractivity (Wildman–Crippen MR) is 98.8 cm³/mol. The summed E-state index contributed by atoms with van der Waals surface area (Å²) < 4.78 is 11.5. The van der Waals surface area contributed by atoms with Crippen molar-refractivity contribution in [1.82, 2.24) is 0 Å². The van der Waals surface area contributed by atoms with Gasteiger partial charge in [-0.05, 0) is 60.7 Å². The highest BCUT2D eigenvalue weighted by Crippen LogP contribution is 2.30. The van der Waals surface area contributed by atoms with Gasteiger partial charge in [0.25, 0.3) is 0 Å². The van der Waals surface area contributed by atoms with Crippen LogP contribution in [-0.2, 0) is 0 Å². The molecular weight excluding hydrogens is 346 g/mol. The van der Waals surface area contributed by atoms with Crippen LogP contribution in [0.2, 0.25) is 0 Å². The van der Waals surface area contributed by atoms with Crippen molar-refractivity contribution in [3.05, 3.63) is 83.4 Å². The quantitative estimate of drug-likeness (QED) is 0.642. The Kier molecular flexibility index (Phi) is 5.28. The van der Waals surface area contributed by atoms with Gasteiger partial charge in [-0.2, -0.15) is 0 Å². The van der Waals surface area contributed by atoms with Crippen molar-refractivity contribution in [2.24, 2.45) is 5.73 Å². The molecule has 6 nitrogen and oxygen atoms in total. The highest BCUT2D eigenvalue weighted by Gasteiger charge is 2.09. The van der Waals surface area contributed by atoms with Crippen molar-refractivity contribution < 1.29 is 23.9 Å². The maximum Gasteiger partial charge on any atom is 0.248 e. The van der Waals surface area contributed by atoms with Crippen molar-refractivity contribution in [3.8, 4) is 23.0 Å². The van der Waals surface area contributed by atoms with Crippen LogP contribution in [0.15, 0.2) is 66.7 Å².